The van der Waals surface area contributed by atoms with Gasteiger partial charge in [-0.3, -0.25) is 9.78 Å². The number of carbonyl (C=O) groups excluding carboxylic acids is 2. The summed E-state index contributed by atoms with van der Waals surface area (Å²) in [4.78, 5) is 29.8. The van der Waals surface area contributed by atoms with E-state index >= 15 is 4.39 Å². The van der Waals surface area contributed by atoms with E-state index in [4.69, 9.17) is 0 Å². The standard InChI is InChI=1S/C18H27FN4O2/c1-14(2)4-10-21-17(25)23-11-3-7-18(19,13-23)16(24)22-12-15-5-8-20-9-6-15/h5-6,8-9,14H,3-4,7,10-13H2,1-2H3,(H,21,25)(H,22,24). The molecule has 0 aromatic carbocycles. The number of halogens is 1. The normalized spacial score (nSPS) is 20.4. The molecule has 2 rings (SSSR count). The van der Waals surface area contributed by atoms with Gasteiger partial charge in [0.2, 0.25) is 5.67 Å². The lowest BCUT2D eigenvalue weighted by Gasteiger charge is -2.36. The molecule has 7 heteroatoms. The highest BCUT2D eigenvalue weighted by atomic mass is 19.1. The van der Waals surface area contributed by atoms with E-state index in [1.54, 1.807) is 24.5 Å². The highest BCUT2D eigenvalue weighted by molar-refractivity contribution is 5.86. The molecule has 2 N–H and O–H groups in total. The molecular weight excluding hydrogens is 323 g/mol. The zero-order valence-corrected chi connectivity index (χ0v) is 14.9. The maximum absolute atomic E-state index is 15.1. The number of alkyl halides is 1. The Morgan fingerprint density at radius 2 is 2.04 bits per heavy atom. The van der Waals surface area contributed by atoms with Crippen molar-refractivity contribution in [1.82, 2.24) is 20.5 Å². The predicted octanol–water partition coefficient (Wildman–Crippen LogP) is 2.26. The predicted molar refractivity (Wildman–Crippen MR) is 93.6 cm³/mol. The number of piperidine rings is 1. The molecular formula is C18H27FN4O2. The molecule has 1 aliphatic heterocycles. The fourth-order valence-corrected chi connectivity index (χ4v) is 2.79. The number of hydrogen-bond donors (Lipinski definition) is 2. The Bertz CT molecular complexity index is 582. The molecule has 1 aliphatic rings. The van der Waals surface area contributed by atoms with Crippen LogP contribution in [0.25, 0.3) is 0 Å². The molecule has 0 radical (unpaired) electrons. The van der Waals surface area contributed by atoms with Crippen molar-refractivity contribution in [3.8, 4) is 0 Å². The minimum absolute atomic E-state index is 0.130. The van der Waals surface area contributed by atoms with Crippen LogP contribution in [-0.4, -0.2) is 47.1 Å². The van der Waals surface area contributed by atoms with E-state index in [1.807, 2.05) is 0 Å². The summed E-state index contributed by atoms with van der Waals surface area (Å²) in [5, 5.41) is 5.43. The molecule has 1 aromatic rings. The monoisotopic (exact) mass is 350 g/mol. The molecule has 0 bridgehead atoms. The SMILES string of the molecule is CC(C)CCNC(=O)N1CCCC(F)(C(=O)NCc2ccncc2)C1. The quantitative estimate of drug-likeness (QED) is 0.826. The number of likely N-dealkylation sites (tertiary alicyclic amines) is 1. The number of aromatic nitrogens is 1. The topological polar surface area (TPSA) is 74.3 Å². The number of hydrogen-bond acceptors (Lipinski definition) is 3. The Balaban J connectivity index is 1.86. The first-order chi connectivity index (χ1) is 11.9. The van der Waals surface area contributed by atoms with Crippen molar-refractivity contribution in [2.45, 2.75) is 45.3 Å². The summed E-state index contributed by atoms with van der Waals surface area (Å²) < 4.78 is 15.1. The van der Waals surface area contributed by atoms with Crippen molar-refractivity contribution in [3.63, 3.8) is 0 Å². The molecule has 6 nitrogen and oxygen atoms in total. The lowest BCUT2D eigenvalue weighted by molar-refractivity contribution is -0.136. The van der Waals surface area contributed by atoms with E-state index in [0.29, 0.717) is 25.4 Å². The molecule has 1 aromatic heterocycles. The maximum atomic E-state index is 15.1. The van der Waals surface area contributed by atoms with Gasteiger partial charge in [0, 0.05) is 32.0 Å². The number of amides is 3. The van der Waals surface area contributed by atoms with Crippen LogP contribution in [0.3, 0.4) is 0 Å². The van der Waals surface area contributed by atoms with Gasteiger partial charge >= 0.3 is 6.03 Å². The van der Waals surface area contributed by atoms with Crippen molar-refractivity contribution in [2.75, 3.05) is 19.6 Å². The van der Waals surface area contributed by atoms with Gasteiger partial charge in [-0.2, -0.15) is 0 Å². The first kappa shape index (κ1) is 19.1. The summed E-state index contributed by atoms with van der Waals surface area (Å²) >= 11 is 0. The number of nitrogens with zero attached hydrogens (tertiary/aromatic N) is 2. The molecule has 1 fully saturated rings. The zero-order chi connectivity index (χ0) is 18.3. The van der Waals surface area contributed by atoms with Gasteiger partial charge in [0.15, 0.2) is 0 Å². The molecule has 0 spiro atoms. The van der Waals surface area contributed by atoms with Gasteiger partial charge in [-0.25, -0.2) is 9.18 Å². The second kappa shape index (κ2) is 8.78. The van der Waals surface area contributed by atoms with Crippen LogP contribution in [0.4, 0.5) is 9.18 Å². The van der Waals surface area contributed by atoms with Gasteiger partial charge in [-0.15, -0.1) is 0 Å². The first-order valence-electron chi connectivity index (χ1n) is 8.79. The van der Waals surface area contributed by atoms with Crippen molar-refractivity contribution in [3.05, 3.63) is 30.1 Å². The van der Waals surface area contributed by atoms with Gasteiger partial charge in [0.1, 0.15) is 0 Å². The summed E-state index contributed by atoms with van der Waals surface area (Å²) in [6.45, 7) is 5.22. The van der Waals surface area contributed by atoms with E-state index in [2.05, 4.69) is 29.5 Å². The van der Waals surface area contributed by atoms with E-state index in [1.165, 1.54) is 4.90 Å². The van der Waals surface area contributed by atoms with Crippen LogP contribution in [-0.2, 0) is 11.3 Å². The minimum Gasteiger partial charge on any atom is -0.349 e. The van der Waals surface area contributed by atoms with Crippen molar-refractivity contribution in [2.24, 2.45) is 5.92 Å². The second-order valence-electron chi connectivity index (χ2n) is 6.94. The Morgan fingerprint density at radius 1 is 1.32 bits per heavy atom. The van der Waals surface area contributed by atoms with Gasteiger partial charge in [0.05, 0.1) is 6.54 Å². The van der Waals surface area contributed by atoms with Crippen LogP contribution in [0.15, 0.2) is 24.5 Å². The zero-order valence-electron chi connectivity index (χ0n) is 14.9. The molecule has 2 heterocycles. The van der Waals surface area contributed by atoms with E-state index in [0.717, 1.165) is 12.0 Å². The van der Waals surface area contributed by atoms with Crippen LogP contribution in [0.1, 0.15) is 38.7 Å². The molecule has 138 valence electrons. The molecule has 0 saturated carbocycles. The highest BCUT2D eigenvalue weighted by Gasteiger charge is 2.43. The van der Waals surface area contributed by atoms with Gasteiger partial charge in [0.25, 0.3) is 5.91 Å². The van der Waals surface area contributed by atoms with Crippen LogP contribution in [0.5, 0.6) is 0 Å². The third-order valence-corrected chi connectivity index (χ3v) is 4.34. The van der Waals surface area contributed by atoms with Crippen LogP contribution in [0.2, 0.25) is 0 Å². The Hall–Kier alpha value is -2.18. The molecule has 0 aliphatic carbocycles. The Kier molecular flexibility index (Phi) is 6.73. The van der Waals surface area contributed by atoms with Gasteiger partial charge in [-0.1, -0.05) is 13.8 Å². The number of rotatable bonds is 6. The lowest BCUT2D eigenvalue weighted by atomic mass is 9.93. The second-order valence-corrected chi connectivity index (χ2v) is 6.94. The first-order valence-corrected chi connectivity index (χ1v) is 8.79. The number of urea groups is 1. The van der Waals surface area contributed by atoms with E-state index in [-0.39, 0.29) is 25.5 Å². The fraction of sp³-hybridized carbons (Fsp3) is 0.611. The average molecular weight is 350 g/mol. The summed E-state index contributed by atoms with van der Waals surface area (Å²) in [5.41, 5.74) is -1.19. The number of carbonyl (C=O) groups is 2. The molecule has 3 amide bonds. The van der Waals surface area contributed by atoms with Crippen LogP contribution >= 0.6 is 0 Å². The number of pyridine rings is 1. The summed E-state index contributed by atoms with van der Waals surface area (Å²) in [5.74, 6) is -0.176. The smallest absolute Gasteiger partial charge is 0.317 e. The van der Waals surface area contributed by atoms with E-state index < -0.39 is 11.6 Å². The van der Waals surface area contributed by atoms with Crippen molar-refractivity contribution in [1.29, 1.82) is 0 Å². The Morgan fingerprint density at radius 3 is 2.72 bits per heavy atom. The van der Waals surface area contributed by atoms with Gasteiger partial charge < -0.3 is 15.5 Å². The number of nitrogens with one attached hydrogen (secondary N) is 2. The van der Waals surface area contributed by atoms with Gasteiger partial charge in [-0.05, 0) is 42.9 Å². The third-order valence-electron chi connectivity index (χ3n) is 4.34. The molecule has 25 heavy (non-hydrogen) atoms. The van der Waals surface area contributed by atoms with Crippen molar-refractivity contribution >= 4 is 11.9 Å². The summed E-state index contributed by atoms with van der Waals surface area (Å²) in [7, 11) is 0. The Labute approximate surface area is 148 Å². The average Bonchev–Trinajstić information content (AvgIpc) is 2.60. The fourth-order valence-electron chi connectivity index (χ4n) is 2.79. The molecule has 1 saturated heterocycles. The minimum atomic E-state index is -2.04. The van der Waals surface area contributed by atoms with E-state index in [9.17, 15) is 9.59 Å². The summed E-state index contributed by atoms with van der Waals surface area (Å²) in [6, 6.07) is 3.23. The third kappa shape index (κ3) is 5.69. The van der Waals surface area contributed by atoms with Crippen molar-refractivity contribution < 1.29 is 14.0 Å². The van der Waals surface area contributed by atoms with Crippen LogP contribution < -0.4 is 10.6 Å². The van der Waals surface area contributed by atoms with Crippen LogP contribution in [0, 0.1) is 5.92 Å². The maximum Gasteiger partial charge on any atom is 0.317 e. The lowest BCUT2D eigenvalue weighted by Crippen LogP contribution is -2.57. The largest absolute Gasteiger partial charge is 0.349 e. The molecule has 1 atom stereocenters. The highest BCUT2D eigenvalue weighted by Crippen LogP contribution is 2.26. The summed E-state index contributed by atoms with van der Waals surface area (Å²) in [6.07, 6.45) is 4.71. The molecule has 1 unspecified atom stereocenters.